The Hall–Kier alpha value is -0.703. The van der Waals surface area contributed by atoms with Gasteiger partial charge in [-0.25, -0.2) is 0 Å². The standard InChI is InChI=1S/C5H7NOSi/c6-8(7)5-3-1-2-4-5/h1-5H,6H2. The average Bonchev–Trinajstić information content (AvgIpc) is 2.12. The molecular formula is C5H7NOSi. The van der Waals surface area contributed by atoms with Crippen molar-refractivity contribution in [2.75, 3.05) is 0 Å². The van der Waals surface area contributed by atoms with E-state index in [1.807, 2.05) is 24.3 Å². The molecule has 0 aromatic carbocycles. The molecule has 0 amide bonds. The summed E-state index contributed by atoms with van der Waals surface area (Å²) in [5.74, 6) is 0. The van der Waals surface area contributed by atoms with E-state index in [0.717, 1.165) is 0 Å². The van der Waals surface area contributed by atoms with Gasteiger partial charge in [-0.1, -0.05) is 24.3 Å². The normalized spacial score (nSPS) is 17.5. The molecule has 0 aliphatic heterocycles. The summed E-state index contributed by atoms with van der Waals surface area (Å²) in [5.41, 5.74) is 0.0278. The van der Waals surface area contributed by atoms with Crippen molar-refractivity contribution in [3.05, 3.63) is 24.3 Å². The highest BCUT2D eigenvalue weighted by molar-refractivity contribution is 6.42. The van der Waals surface area contributed by atoms with E-state index >= 15 is 0 Å². The minimum Gasteiger partial charge on any atom is -0.402 e. The SMILES string of the molecule is N[Si](=O)C1C=CC=C1. The van der Waals surface area contributed by atoms with E-state index in [2.05, 4.69) is 0 Å². The van der Waals surface area contributed by atoms with Crippen LogP contribution in [-0.4, -0.2) is 8.84 Å². The molecule has 0 saturated carbocycles. The molecule has 0 fully saturated rings. The molecule has 3 heteroatoms. The molecule has 0 bridgehead atoms. The summed E-state index contributed by atoms with van der Waals surface area (Å²) < 4.78 is 10.5. The van der Waals surface area contributed by atoms with Crippen LogP contribution in [0.4, 0.5) is 0 Å². The lowest BCUT2D eigenvalue weighted by atomic mass is 10.5. The molecule has 0 aromatic rings. The lowest BCUT2D eigenvalue weighted by molar-refractivity contribution is 0.559. The Morgan fingerprint density at radius 1 is 1.38 bits per heavy atom. The summed E-state index contributed by atoms with van der Waals surface area (Å²) >= 11 is 0. The van der Waals surface area contributed by atoms with Gasteiger partial charge in [-0.05, 0) is 0 Å². The van der Waals surface area contributed by atoms with E-state index in [1.54, 1.807) is 0 Å². The van der Waals surface area contributed by atoms with Crippen LogP contribution in [-0.2, 0) is 4.46 Å². The Bertz CT molecular complexity index is 150. The van der Waals surface area contributed by atoms with Crippen molar-refractivity contribution < 1.29 is 4.46 Å². The molecule has 0 heterocycles. The number of rotatable bonds is 1. The topological polar surface area (TPSA) is 43.1 Å². The van der Waals surface area contributed by atoms with E-state index in [9.17, 15) is 4.46 Å². The molecular weight excluding hydrogens is 118 g/mol. The van der Waals surface area contributed by atoms with Crippen molar-refractivity contribution >= 4 is 8.84 Å². The smallest absolute Gasteiger partial charge is 0.400 e. The molecule has 1 aliphatic rings. The summed E-state index contributed by atoms with van der Waals surface area (Å²) in [6, 6.07) is 0. The molecule has 8 heavy (non-hydrogen) atoms. The lowest BCUT2D eigenvalue weighted by Gasteiger charge is -1.91. The molecule has 42 valence electrons. The van der Waals surface area contributed by atoms with Crippen LogP contribution in [0, 0.1) is 0 Å². The van der Waals surface area contributed by atoms with Gasteiger partial charge in [-0.2, -0.15) is 0 Å². The van der Waals surface area contributed by atoms with E-state index < -0.39 is 8.84 Å². The first-order valence-electron chi connectivity index (χ1n) is 2.45. The van der Waals surface area contributed by atoms with Gasteiger partial charge in [-0.15, -0.1) is 0 Å². The first-order chi connectivity index (χ1) is 3.80. The van der Waals surface area contributed by atoms with Crippen LogP contribution < -0.4 is 5.40 Å². The quantitative estimate of drug-likeness (QED) is 0.514. The minimum absolute atomic E-state index is 0.0278. The molecule has 0 aromatic heterocycles. The van der Waals surface area contributed by atoms with Crippen molar-refractivity contribution in [1.29, 1.82) is 0 Å². The van der Waals surface area contributed by atoms with Crippen LogP contribution >= 0.6 is 0 Å². The first kappa shape index (κ1) is 5.43. The zero-order valence-electron chi connectivity index (χ0n) is 4.37. The van der Waals surface area contributed by atoms with E-state index in [1.165, 1.54) is 0 Å². The van der Waals surface area contributed by atoms with Crippen LogP contribution in [0.3, 0.4) is 0 Å². The number of allylic oxidation sites excluding steroid dienone is 4. The Kier molecular flexibility index (Phi) is 1.39. The van der Waals surface area contributed by atoms with Crippen LogP contribution in [0.2, 0.25) is 5.54 Å². The third kappa shape index (κ3) is 0.922. The fraction of sp³-hybridized carbons (Fsp3) is 0.200. The monoisotopic (exact) mass is 125 g/mol. The Labute approximate surface area is 49.4 Å². The van der Waals surface area contributed by atoms with Crippen LogP contribution in [0.15, 0.2) is 24.3 Å². The Morgan fingerprint density at radius 3 is 2.12 bits per heavy atom. The molecule has 2 nitrogen and oxygen atoms in total. The molecule has 0 radical (unpaired) electrons. The molecule has 0 unspecified atom stereocenters. The van der Waals surface area contributed by atoms with Gasteiger partial charge >= 0.3 is 8.84 Å². The second-order valence-electron chi connectivity index (χ2n) is 1.70. The van der Waals surface area contributed by atoms with Crippen molar-refractivity contribution in [2.24, 2.45) is 5.40 Å². The van der Waals surface area contributed by atoms with Gasteiger partial charge in [0.05, 0.1) is 5.54 Å². The zero-order chi connectivity index (χ0) is 5.98. The summed E-state index contributed by atoms with van der Waals surface area (Å²) in [7, 11) is -1.84. The van der Waals surface area contributed by atoms with Gasteiger partial charge < -0.3 is 9.86 Å². The van der Waals surface area contributed by atoms with E-state index in [0.29, 0.717) is 0 Å². The highest BCUT2D eigenvalue weighted by Crippen LogP contribution is 2.12. The second kappa shape index (κ2) is 2.04. The van der Waals surface area contributed by atoms with Crippen molar-refractivity contribution in [2.45, 2.75) is 5.54 Å². The van der Waals surface area contributed by atoms with Crippen LogP contribution in [0.1, 0.15) is 0 Å². The number of hydrogen-bond acceptors (Lipinski definition) is 1. The van der Waals surface area contributed by atoms with Crippen LogP contribution in [0.5, 0.6) is 0 Å². The number of nitrogens with two attached hydrogens (primary N) is 1. The van der Waals surface area contributed by atoms with Gasteiger partial charge in [-0.3, -0.25) is 0 Å². The molecule has 2 N–H and O–H groups in total. The molecule has 0 atom stereocenters. The van der Waals surface area contributed by atoms with Crippen LogP contribution in [0.25, 0.3) is 0 Å². The van der Waals surface area contributed by atoms with Gasteiger partial charge in [0.1, 0.15) is 0 Å². The van der Waals surface area contributed by atoms with Gasteiger partial charge in [0, 0.05) is 0 Å². The summed E-state index contributed by atoms with van der Waals surface area (Å²) in [4.78, 5) is 0. The van der Waals surface area contributed by atoms with Crippen molar-refractivity contribution in [1.82, 2.24) is 0 Å². The highest BCUT2D eigenvalue weighted by atomic mass is 28.3. The Balaban J connectivity index is 2.62. The fourth-order valence-electron chi connectivity index (χ4n) is 0.622. The van der Waals surface area contributed by atoms with Crippen molar-refractivity contribution in [3.63, 3.8) is 0 Å². The van der Waals surface area contributed by atoms with Gasteiger partial charge in [0.15, 0.2) is 0 Å². The maximum atomic E-state index is 10.5. The predicted octanol–water partition coefficient (Wildman–Crippen LogP) is 0.360. The van der Waals surface area contributed by atoms with E-state index in [4.69, 9.17) is 5.40 Å². The van der Waals surface area contributed by atoms with Gasteiger partial charge in [0.25, 0.3) is 0 Å². The van der Waals surface area contributed by atoms with Gasteiger partial charge in [0.2, 0.25) is 0 Å². The summed E-state index contributed by atoms with van der Waals surface area (Å²) in [6.45, 7) is 0. The molecule has 0 spiro atoms. The average molecular weight is 125 g/mol. The maximum absolute atomic E-state index is 10.5. The Morgan fingerprint density at radius 2 is 1.88 bits per heavy atom. The number of hydrogen-bond donors (Lipinski definition) is 1. The molecule has 0 saturated heterocycles. The molecule has 1 rings (SSSR count). The maximum Gasteiger partial charge on any atom is 0.400 e. The summed E-state index contributed by atoms with van der Waals surface area (Å²) in [6.07, 6.45) is 7.42. The highest BCUT2D eigenvalue weighted by Gasteiger charge is 2.11. The minimum atomic E-state index is -1.84. The third-order valence-corrected chi connectivity index (χ3v) is 2.12. The zero-order valence-corrected chi connectivity index (χ0v) is 5.37. The lowest BCUT2D eigenvalue weighted by Crippen LogP contribution is -2.17. The largest absolute Gasteiger partial charge is 0.402 e. The fourth-order valence-corrected chi connectivity index (χ4v) is 1.22. The van der Waals surface area contributed by atoms with E-state index in [-0.39, 0.29) is 5.54 Å². The summed E-state index contributed by atoms with van der Waals surface area (Å²) in [5, 5.41) is 5.14. The molecule has 1 aliphatic carbocycles. The second-order valence-corrected chi connectivity index (χ2v) is 3.17. The third-order valence-electron chi connectivity index (χ3n) is 1.08. The van der Waals surface area contributed by atoms with Crippen molar-refractivity contribution in [3.8, 4) is 0 Å². The predicted molar refractivity (Wildman–Crippen MR) is 32.7 cm³/mol. The first-order valence-corrected chi connectivity index (χ1v) is 4.01.